The number of rotatable bonds is 5. The Hall–Kier alpha value is -0.650. The molecule has 0 radical (unpaired) electrons. The highest BCUT2D eigenvalue weighted by Crippen LogP contribution is 2.09. The van der Waals surface area contributed by atoms with Crippen molar-refractivity contribution in [1.29, 1.82) is 0 Å². The highest BCUT2D eigenvalue weighted by Gasteiger charge is 2.24. The number of nitrogens with two attached hydrogens (primary N) is 1. The molecule has 0 fully saturated rings. The summed E-state index contributed by atoms with van der Waals surface area (Å²) in [6.45, 7) is 5.30. The van der Waals surface area contributed by atoms with Crippen LogP contribution in [0.25, 0.3) is 0 Å². The van der Waals surface area contributed by atoms with Crippen molar-refractivity contribution in [2.45, 2.75) is 32.5 Å². The van der Waals surface area contributed by atoms with E-state index in [0.29, 0.717) is 0 Å². The van der Waals surface area contributed by atoms with Gasteiger partial charge in [0.25, 0.3) is 0 Å². The van der Waals surface area contributed by atoms with Gasteiger partial charge in [0.05, 0.1) is 13.2 Å². The highest BCUT2D eigenvalue weighted by molar-refractivity contribution is 5.75. The van der Waals surface area contributed by atoms with Crippen LogP contribution in [-0.2, 0) is 14.3 Å². The first kappa shape index (κ1) is 13.4. The smallest absolute Gasteiger partial charge is 0.337 e. The van der Waals surface area contributed by atoms with Crippen LogP contribution in [0, 0.1) is 0 Å². The number of carbonyl (C=O) groups excluding carboxylic acids is 1. The molecule has 0 bridgehead atoms. The molecule has 0 aliphatic rings. The second-order valence-electron chi connectivity index (χ2n) is 3.85. The summed E-state index contributed by atoms with van der Waals surface area (Å²) in [5, 5.41) is 8.51. The largest absolute Gasteiger partial charge is 0.458 e. The topological polar surface area (TPSA) is 81.8 Å². The summed E-state index contributed by atoms with van der Waals surface area (Å²) in [4.78, 5) is 11.4. The van der Waals surface area contributed by atoms with Crippen LogP contribution in [-0.4, -0.2) is 42.5 Å². The molecule has 0 aliphatic heterocycles. The van der Waals surface area contributed by atoms with Crippen molar-refractivity contribution >= 4 is 5.97 Å². The molecule has 14 heavy (non-hydrogen) atoms. The van der Waals surface area contributed by atoms with Gasteiger partial charge < -0.3 is 20.3 Å². The van der Waals surface area contributed by atoms with Crippen LogP contribution in [0.1, 0.15) is 20.8 Å². The van der Waals surface area contributed by atoms with Gasteiger partial charge in [0, 0.05) is 6.54 Å². The fourth-order valence-corrected chi connectivity index (χ4v) is 0.795. The van der Waals surface area contributed by atoms with Gasteiger partial charge in [-0.15, -0.1) is 0 Å². The molecule has 0 aromatic carbocycles. The van der Waals surface area contributed by atoms with Crippen molar-refractivity contribution in [3.05, 3.63) is 0 Å². The number of hydrogen-bond acceptors (Lipinski definition) is 5. The summed E-state index contributed by atoms with van der Waals surface area (Å²) in [6.07, 6.45) is -0.790. The summed E-state index contributed by atoms with van der Waals surface area (Å²) in [5.74, 6) is -0.492. The number of esters is 1. The summed E-state index contributed by atoms with van der Waals surface area (Å²) >= 11 is 0. The molecule has 1 unspecified atom stereocenters. The highest BCUT2D eigenvalue weighted by atomic mass is 16.6. The number of aliphatic hydroxyl groups is 1. The summed E-state index contributed by atoms with van der Waals surface area (Å²) in [6, 6.07) is 0. The second kappa shape index (κ2) is 5.95. The Kier molecular flexibility index (Phi) is 5.68. The maximum atomic E-state index is 11.4. The maximum absolute atomic E-state index is 11.4. The first-order valence-electron chi connectivity index (χ1n) is 4.56. The first-order chi connectivity index (χ1) is 6.40. The summed E-state index contributed by atoms with van der Waals surface area (Å²) < 4.78 is 10.1. The van der Waals surface area contributed by atoms with Crippen LogP contribution in [0.5, 0.6) is 0 Å². The van der Waals surface area contributed by atoms with Gasteiger partial charge in [0.15, 0.2) is 6.10 Å². The normalized spacial score (nSPS) is 13.8. The summed E-state index contributed by atoms with van der Waals surface area (Å²) in [5.41, 5.74) is 4.78. The van der Waals surface area contributed by atoms with Gasteiger partial charge in [-0.05, 0) is 20.8 Å². The molecule has 5 heteroatoms. The number of hydrogen-bond donors (Lipinski definition) is 2. The van der Waals surface area contributed by atoms with Gasteiger partial charge in [-0.2, -0.15) is 0 Å². The zero-order chi connectivity index (χ0) is 11.2. The maximum Gasteiger partial charge on any atom is 0.337 e. The molecular formula is C9H19NO4. The molecule has 3 N–H and O–H groups in total. The Morgan fingerprint density at radius 2 is 2.07 bits per heavy atom. The van der Waals surface area contributed by atoms with Crippen molar-refractivity contribution in [2.24, 2.45) is 5.73 Å². The third kappa shape index (κ3) is 5.90. The van der Waals surface area contributed by atoms with Gasteiger partial charge in [-0.25, -0.2) is 4.79 Å². The van der Waals surface area contributed by atoms with Gasteiger partial charge in [0.2, 0.25) is 0 Å². The van der Waals surface area contributed by atoms with Crippen LogP contribution >= 0.6 is 0 Å². The van der Waals surface area contributed by atoms with E-state index in [1.807, 2.05) is 0 Å². The molecule has 0 saturated heterocycles. The quantitative estimate of drug-likeness (QED) is 0.600. The average Bonchev–Trinajstić information content (AvgIpc) is 2.02. The molecule has 0 aliphatic carbocycles. The van der Waals surface area contributed by atoms with Gasteiger partial charge >= 0.3 is 5.97 Å². The molecule has 0 rings (SSSR count). The van der Waals surface area contributed by atoms with E-state index in [2.05, 4.69) is 0 Å². The molecule has 0 amide bonds. The second-order valence-corrected chi connectivity index (χ2v) is 3.85. The SMILES string of the molecule is CC(C)(C)OC(=O)C(CN)OCCO. The lowest BCUT2D eigenvalue weighted by molar-refractivity contribution is -0.168. The third-order valence-corrected chi connectivity index (χ3v) is 1.29. The number of aliphatic hydroxyl groups excluding tert-OH is 1. The monoisotopic (exact) mass is 205 g/mol. The predicted molar refractivity (Wildman–Crippen MR) is 51.7 cm³/mol. The minimum Gasteiger partial charge on any atom is -0.458 e. The van der Waals surface area contributed by atoms with Crippen molar-refractivity contribution in [3.8, 4) is 0 Å². The van der Waals surface area contributed by atoms with Gasteiger partial charge in [-0.1, -0.05) is 0 Å². The van der Waals surface area contributed by atoms with E-state index in [-0.39, 0.29) is 19.8 Å². The van der Waals surface area contributed by atoms with E-state index in [4.69, 9.17) is 20.3 Å². The molecule has 0 spiro atoms. The molecule has 0 heterocycles. The lowest BCUT2D eigenvalue weighted by atomic mass is 10.2. The molecule has 5 nitrogen and oxygen atoms in total. The molecule has 1 atom stereocenters. The molecule has 0 aromatic rings. The van der Waals surface area contributed by atoms with E-state index in [1.54, 1.807) is 20.8 Å². The standard InChI is InChI=1S/C9H19NO4/c1-9(2,3)14-8(12)7(6-10)13-5-4-11/h7,11H,4-6,10H2,1-3H3. The van der Waals surface area contributed by atoms with E-state index in [0.717, 1.165) is 0 Å². The van der Waals surface area contributed by atoms with Crippen LogP contribution in [0.2, 0.25) is 0 Å². The zero-order valence-corrected chi connectivity index (χ0v) is 8.95. The number of carbonyl (C=O) groups is 1. The van der Waals surface area contributed by atoms with E-state index < -0.39 is 17.7 Å². The lowest BCUT2D eigenvalue weighted by Crippen LogP contribution is -2.38. The molecule has 0 aromatic heterocycles. The molecule has 0 saturated carbocycles. The Balaban J connectivity index is 4.04. The fourth-order valence-electron chi connectivity index (χ4n) is 0.795. The van der Waals surface area contributed by atoms with Crippen molar-refractivity contribution in [2.75, 3.05) is 19.8 Å². The Bertz CT molecular complexity index is 176. The Morgan fingerprint density at radius 3 is 2.43 bits per heavy atom. The van der Waals surface area contributed by atoms with Crippen LogP contribution in [0.4, 0.5) is 0 Å². The minimum absolute atomic E-state index is 0.0505. The lowest BCUT2D eigenvalue weighted by Gasteiger charge is -2.23. The average molecular weight is 205 g/mol. The van der Waals surface area contributed by atoms with Crippen LogP contribution in [0.3, 0.4) is 0 Å². The fraction of sp³-hybridized carbons (Fsp3) is 0.889. The zero-order valence-electron chi connectivity index (χ0n) is 8.95. The molecule has 84 valence electrons. The van der Waals surface area contributed by atoms with E-state index in [1.165, 1.54) is 0 Å². The van der Waals surface area contributed by atoms with Crippen molar-refractivity contribution in [1.82, 2.24) is 0 Å². The van der Waals surface area contributed by atoms with Gasteiger partial charge in [0.1, 0.15) is 5.60 Å². The van der Waals surface area contributed by atoms with Crippen LogP contribution in [0.15, 0.2) is 0 Å². The Morgan fingerprint density at radius 1 is 1.50 bits per heavy atom. The van der Waals surface area contributed by atoms with Crippen molar-refractivity contribution < 1.29 is 19.4 Å². The number of ether oxygens (including phenoxy) is 2. The summed E-state index contributed by atoms with van der Waals surface area (Å²) in [7, 11) is 0. The molecular weight excluding hydrogens is 186 g/mol. The van der Waals surface area contributed by atoms with Gasteiger partial charge in [-0.3, -0.25) is 0 Å². The minimum atomic E-state index is -0.790. The van der Waals surface area contributed by atoms with E-state index in [9.17, 15) is 4.79 Å². The first-order valence-corrected chi connectivity index (χ1v) is 4.56. The van der Waals surface area contributed by atoms with E-state index >= 15 is 0 Å². The van der Waals surface area contributed by atoms with Crippen LogP contribution < -0.4 is 5.73 Å². The van der Waals surface area contributed by atoms with Crippen molar-refractivity contribution in [3.63, 3.8) is 0 Å². The predicted octanol–water partition coefficient (Wildman–Crippen LogP) is -0.336. The third-order valence-electron chi connectivity index (χ3n) is 1.29. The Labute approximate surface area is 84.2 Å².